The molecule has 82 valence electrons. The maximum Gasteiger partial charge on any atom is 0.115 e. The van der Waals surface area contributed by atoms with Crippen LogP contribution in [0.25, 0.3) is 6.08 Å². The van der Waals surface area contributed by atoms with Crippen LogP contribution in [0.1, 0.15) is 22.4 Å². The zero-order valence-corrected chi connectivity index (χ0v) is 9.43. The highest BCUT2D eigenvalue weighted by molar-refractivity contribution is 5.67. The normalized spacial score (nSPS) is 24.0. The predicted octanol–water partition coefficient (Wildman–Crippen LogP) is 2.54. The Labute approximate surface area is 100 Å². The van der Waals surface area contributed by atoms with E-state index in [1.54, 1.807) is 6.33 Å². The molecule has 17 heavy (non-hydrogen) atoms. The van der Waals surface area contributed by atoms with Gasteiger partial charge in [0.25, 0.3) is 0 Å². The van der Waals surface area contributed by atoms with E-state index in [-0.39, 0.29) is 5.41 Å². The van der Waals surface area contributed by atoms with Crippen LogP contribution < -0.4 is 0 Å². The van der Waals surface area contributed by atoms with Crippen LogP contribution in [0.3, 0.4) is 0 Å². The Bertz CT molecular complexity index is 603. The molecule has 0 radical (unpaired) electrons. The van der Waals surface area contributed by atoms with Crippen molar-refractivity contribution >= 4 is 6.08 Å². The van der Waals surface area contributed by atoms with Crippen LogP contribution in [-0.4, -0.2) is 9.97 Å². The second-order valence-electron chi connectivity index (χ2n) is 4.92. The zero-order valence-electron chi connectivity index (χ0n) is 9.43. The summed E-state index contributed by atoms with van der Waals surface area (Å²) in [6.07, 6.45) is 10.3. The Morgan fingerprint density at radius 1 is 1.12 bits per heavy atom. The molecule has 1 aromatic carbocycles. The number of aromatic nitrogens is 2. The fourth-order valence-corrected chi connectivity index (χ4v) is 3.13. The van der Waals surface area contributed by atoms with E-state index in [0.29, 0.717) is 0 Å². The third-order valence-corrected chi connectivity index (χ3v) is 3.95. The van der Waals surface area contributed by atoms with Gasteiger partial charge in [-0.1, -0.05) is 36.4 Å². The van der Waals surface area contributed by atoms with Crippen LogP contribution in [0.5, 0.6) is 0 Å². The molecule has 2 aromatic rings. The summed E-state index contributed by atoms with van der Waals surface area (Å²) in [6, 6.07) is 8.66. The molecule has 0 bridgehead atoms. The van der Waals surface area contributed by atoms with Gasteiger partial charge < -0.3 is 0 Å². The number of nitrogens with zero attached hydrogens (tertiary/aromatic N) is 2. The molecule has 0 N–H and O–H groups in total. The number of rotatable bonds is 0. The summed E-state index contributed by atoms with van der Waals surface area (Å²) in [7, 11) is 0. The molecule has 1 spiro atoms. The van der Waals surface area contributed by atoms with Crippen LogP contribution in [0.4, 0.5) is 0 Å². The highest BCUT2D eigenvalue weighted by atomic mass is 14.8. The Morgan fingerprint density at radius 3 is 3.00 bits per heavy atom. The lowest BCUT2D eigenvalue weighted by Crippen LogP contribution is -2.22. The first-order valence-corrected chi connectivity index (χ1v) is 5.94. The maximum absolute atomic E-state index is 4.41. The van der Waals surface area contributed by atoms with Gasteiger partial charge in [-0.05, 0) is 23.1 Å². The minimum absolute atomic E-state index is 0.148. The molecule has 2 aliphatic carbocycles. The van der Waals surface area contributed by atoms with E-state index in [4.69, 9.17) is 0 Å². The number of hydrogen-bond acceptors (Lipinski definition) is 2. The fraction of sp³-hybridized carbons (Fsp3) is 0.200. The summed E-state index contributed by atoms with van der Waals surface area (Å²) in [5.74, 6) is 0. The van der Waals surface area contributed by atoms with Gasteiger partial charge in [-0.15, -0.1) is 0 Å². The van der Waals surface area contributed by atoms with E-state index < -0.39 is 0 Å². The van der Waals surface area contributed by atoms with E-state index in [0.717, 1.165) is 12.8 Å². The summed E-state index contributed by atoms with van der Waals surface area (Å²) in [6.45, 7) is 0. The molecule has 4 rings (SSSR count). The molecule has 1 aromatic heterocycles. The first kappa shape index (κ1) is 9.11. The van der Waals surface area contributed by atoms with Gasteiger partial charge in [0.05, 0.1) is 0 Å². The molecule has 2 aliphatic rings. The van der Waals surface area contributed by atoms with E-state index in [9.17, 15) is 0 Å². The Hall–Kier alpha value is -1.96. The van der Waals surface area contributed by atoms with E-state index in [1.807, 2.05) is 6.20 Å². The Kier molecular flexibility index (Phi) is 1.63. The molecule has 0 saturated heterocycles. The second-order valence-corrected chi connectivity index (χ2v) is 4.92. The molecule has 0 aliphatic heterocycles. The molecule has 2 nitrogen and oxygen atoms in total. The molecule has 0 saturated carbocycles. The molecule has 0 fully saturated rings. The van der Waals surface area contributed by atoms with E-state index in [2.05, 4.69) is 46.4 Å². The summed E-state index contributed by atoms with van der Waals surface area (Å²) >= 11 is 0. The third kappa shape index (κ3) is 1.15. The SMILES string of the molecule is C1=CC2(Cc3cncnc3C2)c2ccccc21. The molecule has 1 heterocycles. The average Bonchev–Trinajstić information content (AvgIpc) is 2.92. The highest BCUT2D eigenvalue weighted by Gasteiger charge is 2.40. The molecular weight excluding hydrogens is 208 g/mol. The molecule has 1 atom stereocenters. The van der Waals surface area contributed by atoms with E-state index >= 15 is 0 Å². The van der Waals surface area contributed by atoms with Crippen LogP contribution in [0.2, 0.25) is 0 Å². The first-order chi connectivity index (χ1) is 8.37. The Morgan fingerprint density at radius 2 is 2.06 bits per heavy atom. The zero-order chi connectivity index (χ0) is 11.3. The highest BCUT2D eigenvalue weighted by Crippen LogP contribution is 2.45. The topological polar surface area (TPSA) is 25.8 Å². The summed E-state index contributed by atoms with van der Waals surface area (Å²) in [5, 5.41) is 0. The molecule has 2 heteroatoms. The summed E-state index contributed by atoms with van der Waals surface area (Å²) in [5.41, 5.74) is 5.45. The second kappa shape index (κ2) is 3.04. The maximum atomic E-state index is 4.41. The smallest absolute Gasteiger partial charge is 0.115 e. The van der Waals surface area contributed by atoms with Gasteiger partial charge in [-0.3, -0.25) is 0 Å². The van der Waals surface area contributed by atoms with Gasteiger partial charge in [-0.25, -0.2) is 9.97 Å². The summed E-state index contributed by atoms with van der Waals surface area (Å²) in [4.78, 5) is 8.54. The lowest BCUT2D eigenvalue weighted by molar-refractivity contribution is 0.579. The van der Waals surface area contributed by atoms with Crippen molar-refractivity contribution in [1.29, 1.82) is 0 Å². The van der Waals surface area contributed by atoms with Crippen LogP contribution >= 0.6 is 0 Å². The van der Waals surface area contributed by atoms with Gasteiger partial charge in [0.1, 0.15) is 6.33 Å². The van der Waals surface area contributed by atoms with Gasteiger partial charge in [0, 0.05) is 23.7 Å². The first-order valence-electron chi connectivity index (χ1n) is 5.94. The minimum atomic E-state index is 0.148. The largest absolute Gasteiger partial charge is 0.245 e. The molecule has 0 amide bonds. The number of allylic oxidation sites excluding steroid dienone is 1. The van der Waals surface area contributed by atoms with Crippen molar-refractivity contribution in [2.45, 2.75) is 18.3 Å². The van der Waals surface area contributed by atoms with Crippen LogP contribution in [-0.2, 0) is 18.3 Å². The van der Waals surface area contributed by atoms with Crippen molar-refractivity contribution in [2.75, 3.05) is 0 Å². The number of fused-ring (bicyclic) bond motifs is 3. The van der Waals surface area contributed by atoms with Crippen molar-refractivity contribution in [3.63, 3.8) is 0 Å². The van der Waals surface area contributed by atoms with Crippen molar-refractivity contribution in [1.82, 2.24) is 9.97 Å². The molecular formula is C15H12N2. The monoisotopic (exact) mass is 220 g/mol. The van der Waals surface area contributed by atoms with Crippen LogP contribution in [0, 0.1) is 0 Å². The standard InChI is InChI=1S/C15H12N2/c1-2-4-13-11(3-1)5-6-15(13)7-12-9-16-10-17-14(12)8-15/h1-6,9-10H,7-8H2. The van der Waals surface area contributed by atoms with Crippen molar-refractivity contribution < 1.29 is 0 Å². The lowest BCUT2D eigenvalue weighted by atomic mass is 9.80. The molecule has 1 unspecified atom stereocenters. The summed E-state index contributed by atoms with van der Waals surface area (Å²) < 4.78 is 0. The predicted molar refractivity (Wildman–Crippen MR) is 66.6 cm³/mol. The van der Waals surface area contributed by atoms with E-state index in [1.165, 1.54) is 22.4 Å². The van der Waals surface area contributed by atoms with Gasteiger partial charge in [0.15, 0.2) is 0 Å². The Balaban J connectivity index is 1.87. The van der Waals surface area contributed by atoms with Gasteiger partial charge >= 0.3 is 0 Å². The number of hydrogen-bond donors (Lipinski definition) is 0. The third-order valence-electron chi connectivity index (χ3n) is 3.95. The minimum Gasteiger partial charge on any atom is -0.245 e. The fourth-order valence-electron chi connectivity index (χ4n) is 3.13. The van der Waals surface area contributed by atoms with Crippen LogP contribution in [0.15, 0.2) is 42.9 Å². The van der Waals surface area contributed by atoms with Crippen molar-refractivity contribution in [3.8, 4) is 0 Å². The lowest BCUT2D eigenvalue weighted by Gasteiger charge is -2.22. The number of benzene rings is 1. The average molecular weight is 220 g/mol. The van der Waals surface area contributed by atoms with Gasteiger partial charge in [0.2, 0.25) is 0 Å². The van der Waals surface area contributed by atoms with Crippen molar-refractivity contribution in [2.24, 2.45) is 0 Å². The quantitative estimate of drug-likeness (QED) is 0.682. The van der Waals surface area contributed by atoms with Gasteiger partial charge in [-0.2, -0.15) is 0 Å². The van der Waals surface area contributed by atoms with Crippen molar-refractivity contribution in [3.05, 3.63) is 65.2 Å².